The van der Waals surface area contributed by atoms with E-state index in [4.69, 9.17) is 4.74 Å². The van der Waals surface area contributed by atoms with Crippen molar-refractivity contribution in [1.82, 2.24) is 15.1 Å². The van der Waals surface area contributed by atoms with Crippen molar-refractivity contribution < 1.29 is 23.9 Å². The quantitative estimate of drug-likeness (QED) is 0.632. The lowest BCUT2D eigenvalue weighted by Crippen LogP contribution is -2.48. The zero-order chi connectivity index (χ0) is 20.2. The molecule has 2 aromatic carbocycles. The highest BCUT2D eigenvalue weighted by Gasteiger charge is 2.54. The van der Waals surface area contributed by atoms with Gasteiger partial charge in [0.2, 0.25) is 0 Å². The van der Waals surface area contributed by atoms with Crippen LogP contribution in [0.2, 0.25) is 0 Å². The van der Waals surface area contributed by atoms with Crippen LogP contribution in [-0.2, 0) is 10.3 Å². The van der Waals surface area contributed by atoms with E-state index in [0.717, 1.165) is 9.80 Å². The molecule has 5 rings (SSSR count). The third kappa shape index (κ3) is 2.38. The molecule has 8 heteroatoms. The fourth-order valence-electron chi connectivity index (χ4n) is 4.22. The molecule has 5 amide bonds. The molecule has 3 aliphatic rings. The first-order chi connectivity index (χ1) is 14.0. The number of amides is 5. The summed E-state index contributed by atoms with van der Waals surface area (Å²) in [5, 5.41) is 2.81. The molecular formula is C21H17N3O5. The smallest absolute Gasteiger partial charge is 0.325 e. The summed E-state index contributed by atoms with van der Waals surface area (Å²) in [4.78, 5) is 53.0. The average Bonchev–Trinajstić information content (AvgIpc) is 3.12. The molecule has 0 aliphatic carbocycles. The number of imide groups is 2. The molecule has 3 heterocycles. The first kappa shape index (κ1) is 17.4. The second kappa shape index (κ2) is 6.16. The predicted molar refractivity (Wildman–Crippen MR) is 100 cm³/mol. The summed E-state index contributed by atoms with van der Waals surface area (Å²) in [6, 6.07) is 13.2. The van der Waals surface area contributed by atoms with Gasteiger partial charge < -0.3 is 10.1 Å². The molecule has 146 valence electrons. The molecule has 1 fully saturated rings. The van der Waals surface area contributed by atoms with Gasteiger partial charge >= 0.3 is 6.03 Å². The molecule has 1 unspecified atom stereocenters. The molecule has 1 N–H and O–H groups in total. The van der Waals surface area contributed by atoms with Crippen molar-refractivity contribution >= 4 is 23.8 Å². The molecule has 0 aromatic heterocycles. The van der Waals surface area contributed by atoms with Crippen LogP contribution in [0.25, 0.3) is 0 Å². The lowest BCUT2D eigenvalue weighted by molar-refractivity contribution is -0.132. The Hall–Kier alpha value is -3.68. The molecule has 1 spiro atoms. The minimum Gasteiger partial charge on any atom is -0.493 e. The summed E-state index contributed by atoms with van der Waals surface area (Å²) < 4.78 is 5.61. The number of benzene rings is 2. The summed E-state index contributed by atoms with van der Waals surface area (Å²) in [7, 11) is 0. The zero-order valence-corrected chi connectivity index (χ0v) is 15.4. The zero-order valence-electron chi connectivity index (χ0n) is 15.4. The minimum atomic E-state index is -1.17. The van der Waals surface area contributed by atoms with Gasteiger partial charge in [0.1, 0.15) is 5.75 Å². The Balaban J connectivity index is 1.38. The van der Waals surface area contributed by atoms with Crippen molar-refractivity contribution in [2.45, 2.75) is 12.0 Å². The molecule has 0 radical (unpaired) electrons. The number of hydrogen-bond donors (Lipinski definition) is 1. The van der Waals surface area contributed by atoms with E-state index < -0.39 is 29.3 Å². The summed E-state index contributed by atoms with van der Waals surface area (Å²) in [5.74, 6) is -0.656. The topological polar surface area (TPSA) is 96.0 Å². The number of nitrogens with one attached hydrogen (secondary N) is 1. The molecule has 2 aromatic rings. The Morgan fingerprint density at radius 1 is 0.862 bits per heavy atom. The molecule has 3 aliphatic heterocycles. The van der Waals surface area contributed by atoms with Gasteiger partial charge in [0, 0.05) is 25.1 Å². The summed E-state index contributed by atoms with van der Waals surface area (Å²) in [6.45, 7) is 0.177. The van der Waals surface area contributed by atoms with Gasteiger partial charge in [0.05, 0.1) is 17.7 Å². The van der Waals surface area contributed by atoms with E-state index in [2.05, 4.69) is 5.32 Å². The van der Waals surface area contributed by atoms with Crippen LogP contribution in [0, 0.1) is 0 Å². The summed E-state index contributed by atoms with van der Waals surface area (Å²) >= 11 is 0. The van der Waals surface area contributed by atoms with E-state index in [1.807, 2.05) is 0 Å². The molecule has 1 saturated heterocycles. The van der Waals surface area contributed by atoms with Gasteiger partial charge in [-0.15, -0.1) is 0 Å². The highest BCUT2D eigenvalue weighted by atomic mass is 16.5. The monoisotopic (exact) mass is 391 g/mol. The fraction of sp³-hybridized carbons (Fsp3) is 0.238. The number of carbonyl (C=O) groups excluding carboxylic acids is 4. The Morgan fingerprint density at radius 3 is 2.21 bits per heavy atom. The van der Waals surface area contributed by atoms with Crippen LogP contribution in [0.4, 0.5) is 4.79 Å². The number of hydrogen-bond acceptors (Lipinski definition) is 5. The van der Waals surface area contributed by atoms with Crippen LogP contribution in [0.15, 0.2) is 48.5 Å². The molecule has 0 saturated carbocycles. The van der Waals surface area contributed by atoms with E-state index in [9.17, 15) is 19.2 Å². The van der Waals surface area contributed by atoms with Gasteiger partial charge in [-0.05, 0) is 18.2 Å². The molecular weight excluding hydrogens is 374 g/mol. The van der Waals surface area contributed by atoms with E-state index in [-0.39, 0.29) is 13.1 Å². The van der Waals surface area contributed by atoms with Crippen LogP contribution in [0.1, 0.15) is 32.7 Å². The lowest BCUT2D eigenvalue weighted by atomic mass is 9.84. The number of nitrogens with zero attached hydrogens (tertiary/aromatic N) is 2. The Bertz CT molecular complexity index is 1050. The maximum Gasteiger partial charge on any atom is 0.325 e. The van der Waals surface area contributed by atoms with Gasteiger partial charge in [-0.25, -0.2) is 4.79 Å². The number of carbonyl (C=O) groups is 4. The summed E-state index contributed by atoms with van der Waals surface area (Å²) in [6.07, 6.45) is 0.318. The lowest BCUT2D eigenvalue weighted by Gasteiger charge is -2.33. The van der Waals surface area contributed by atoms with Gasteiger partial charge in [0.15, 0.2) is 5.54 Å². The number of fused-ring (bicyclic) bond motifs is 3. The van der Waals surface area contributed by atoms with Crippen LogP contribution < -0.4 is 10.1 Å². The molecule has 29 heavy (non-hydrogen) atoms. The number of rotatable bonds is 3. The van der Waals surface area contributed by atoms with Crippen LogP contribution in [0.3, 0.4) is 0 Å². The van der Waals surface area contributed by atoms with Gasteiger partial charge in [0.25, 0.3) is 17.7 Å². The normalized spacial score (nSPS) is 22.6. The SMILES string of the molecule is O=C1NC2(CCOc3ccccc32)C(=O)N1CCN1C(=O)c2ccccc2C1=O. The van der Waals surface area contributed by atoms with E-state index in [1.165, 1.54) is 0 Å². The third-order valence-corrected chi connectivity index (χ3v) is 5.68. The van der Waals surface area contributed by atoms with Crippen molar-refractivity contribution in [1.29, 1.82) is 0 Å². The Kier molecular flexibility index (Phi) is 3.70. The molecule has 0 bridgehead atoms. The number of urea groups is 1. The average molecular weight is 391 g/mol. The largest absolute Gasteiger partial charge is 0.493 e. The van der Waals surface area contributed by atoms with Gasteiger partial charge in [-0.1, -0.05) is 30.3 Å². The van der Waals surface area contributed by atoms with Gasteiger partial charge in [-0.3, -0.25) is 24.2 Å². The number of ether oxygens (including phenoxy) is 1. The van der Waals surface area contributed by atoms with E-state index in [1.54, 1.807) is 48.5 Å². The van der Waals surface area contributed by atoms with E-state index in [0.29, 0.717) is 35.5 Å². The van der Waals surface area contributed by atoms with Crippen LogP contribution >= 0.6 is 0 Å². The third-order valence-electron chi connectivity index (χ3n) is 5.68. The first-order valence-corrected chi connectivity index (χ1v) is 9.34. The maximum atomic E-state index is 13.2. The Labute approximate surface area is 166 Å². The fourth-order valence-corrected chi connectivity index (χ4v) is 4.22. The minimum absolute atomic E-state index is 0.0558. The summed E-state index contributed by atoms with van der Waals surface area (Å²) in [5.41, 5.74) is 0.121. The maximum absolute atomic E-state index is 13.2. The van der Waals surface area contributed by atoms with Gasteiger partial charge in [-0.2, -0.15) is 0 Å². The van der Waals surface area contributed by atoms with Crippen LogP contribution in [0.5, 0.6) is 5.75 Å². The molecule has 8 nitrogen and oxygen atoms in total. The van der Waals surface area contributed by atoms with Crippen molar-refractivity contribution in [3.8, 4) is 5.75 Å². The van der Waals surface area contributed by atoms with Crippen molar-refractivity contribution in [2.24, 2.45) is 0 Å². The van der Waals surface area contributed by atoms with E-state index >= 15 is 0 Å². The first-order valence-electron chi connectivity index (χ1n) is 9.34. The second-order valence-electron chi connectivity index (χ2n) is 7.19. The van der Waals surface area contributed by atoms with Crippen molar-refractivity contribution in [3.63, 3.8) is 0 Å². The second-order valence-corrected chi connectivity index (χ2v) is 7.19. The molecule has 1 atom stereocenters. The Morgan fingerprint density at radius 2 is 1.48 bits per heavy atom. The van der Waals surface area contributed by atoms with Crippen molar-refractivity contribution in [2.75, 3.05) is 19.7 Å². The van der Waals surface area contributed by atoms with Crippen molar-refractivity contribution in [3.05, 3.63) is 65.2 Å². The highest BCUT2D eigenvalue weighted by Crippen LogP contribution is 2.40. The predicted octanol–water partition coefficient (Wildman–Crippen LogP) is 1.51. The van der Waals surface area contributed by atoms with Crippen LogP contribution in [-0.4, -0.2) is 53.2 Å². The highest BCUT2D eigenvalue weighted by molar-refractivity contribution is 6.21. The number of para-hydroxylation sites is 1. The standard InChI is InChI=1S/C21H17N3O5/c25-17-13-5-1-2-6-14(13)18(26)23(17)10-11-24-19(27)21(22-20(24)28)9-12-29-16-8-4-3-7-15(16)21/h1-8H,9-12H2,(H,22,28).